The molecule has 0 heterocycles. The summed E-state index contributed by atoms with van der Waals surface area (Å²) in [5, 5.41) is 17.5. The van der Waals surface area contributed by atoms with Crippen molar-refractivity contribution in [2.24, 2.45) is 5.92 Å². The van der Waals surface area contributed by atoms with Gasteiger partial charge in [0.25, 0.3) is 0 Å². The molecule has 0 aliphatic heterocycles. The van der Waals surface area contributed by atoms with Crippen LogP contribution in [0.4, 0.5) is 0 Å². The Labute approximate surface area is 76.8 Å². The van der Waals surface area contributed by atoms with Crippen LogP contribution in [0.3, 0.4) is 0 Å². The second-order valence-electron chi connectivity index (χ2n) is 2.74. The van der Waals surface area contributed by atoms with Gasteiger partial charge in [-0.3, -0.25) is 14.4 Å². The molecular formula is C8H12O5. The van der Waals surface area contributed by atoms with E-state index in [4.69, 9.17) is 11.6 Å². The van der Waals surface area contributed by atoms with Gasteiger partial charge in [-0.2, -0.15) is 0 Å². The molecule has 2 atom stereocenters. The van der Waals surface area contributed by atoms with Gasteiger partial charge in [-0.25, -0.2) is 0 Å². The van der Waals surface area contributed by atoms with Crippen molar-refractivity contribution >= 4 is 17.5 Å². The van der Waals surface area contributed by atoms with E-state index in [1.54, 1.807) is 0 Å². The number of hydrogen-bond acceptors (Lipinski definition) is 4. The van der Waals surface area contributed by atoms with Gasteiger partial charge in [0.15, 0.2) is 5.78 Å². The average Bonchev–Trinajstić information content (AvgIpc) is 2.02. The number of carbonyl (C=O) groups is 3. The maximum atomic E-state index is 11.2. The smallest absolute Gasteiger partial charge is 0.316 e. The van der Waals surface area contributed by atoms with Crippen molar-refractivity contribution in [2.45, 2.75) is 26.3 Å². The molecule has 0 amide bonds. The summed E-state index contributed by atoms with van der Waals surface area (Å²) in [4.78, 5) is 32.4. The highest BCUT2D eigenvalue weighted by Gasteiger charge is 2.31. The van der Waals surface area contributed by atoms with E-state index in [1.807, 2.05) is 0 Å². The van der Waals surface area contributed by atoms with Crippen LogP contribution in [0.5, 0.6) is 0 Å². The first kappa shape index (κ1) is 9.85. The van der Waals surface area contributed by atoms with E-state index in [0.29, 0.717) is 0 Å². The molecule has 0 spiro atoms. The van der Waals surface area contributed by atoms with E-state index in [9.17, 15) is 14.4 Å². The number of carboxylic acids is 1. The lowest BCUT2D eigenvalue weighted by Gasteiger charge is -2.12. The van der Waals surface area contributed by atoms with Gasteiger partial charge in [0.1, 0.15) is 11.7 Å². The number of aliphatic hydroxyl groups is 1. The van der Waals surface area contributed by atoms with Crippen LogP contribution in [0.15, 0.2) is 0 Å². The van der Waals surface area contributed by atoms with Crippen molar-refractivity contribution in [3.63, 3.8) is 0 Å². The fourth-order valence-corrected chi connectivity index (χ4v) is 0.917. The highest BCUT2D eigenvalue weighted by atomic mass is 16.4. The van der Waals surface area contributed by atoms with E-state index in [0.717, 1.165) is 0 Å². The molecular weight excluding hydrogens is 176 g/mol. The highest BCUT2D eigenvalue weighted by molar-refractivity contribution is 6.07. The first-order valence-electron chi connectivity index (χ1n) is 4.35. The normalized spacial score (nSPS) is 15.7. The van der Waals surface area contributed by atoms with Crippen molar-refractivity contribution in [3.8, 4) is 0 Å². The molecule has 0 aromatic heterocycles. The lowest BCUT2D eigenvalue weighted by atomic mass is 9.95. The van der Waals surface area contributed by atoms with Crippen molar-refractivity contribution in [2.75, 3.05) is 0 Å². The molecule has 0 rings (SSSR count). The van der Waals surface area contributed by atoms with Crippen LogP contribution in [0.1, 0.15) is 21.6 Å². The Morgan fingerprint density at radius 2 is 2.00 bits per heavy atom. The molecule has 5 nitrogen and oxygen atoms in total. The van der Waals surface area contributed by atoms with Gasteiger partial charge in [-0.05, 0) is 13.8 Å². The van der Waals surface area contributed by atoms with Gasteiger partial charge in [-0.15, -0.1) is 0 Å². The summed E-state index contributed by atoms with van der Waals surface area (Å²) in [7, 11) is 0. The van der Waals surface area contributed by atoms with Gasteiger partial charge in [0.05, 0.1) is 12.5 Å². The molecule has 0 aromatic rings. The van der Waals surface area contributed by atoms with E-state index in [2.05, 4.69) is 0 Å². The van der Waals surface area contributed by atoms with Crippen LogP contribution >= 0.6 is 0 Å². The number of hydrogen-bond donors (Lipinski definition) is 2. The van der Waals surface area contributed by atoms with E-state index < -0.39 is 42.9 Å². The largest absolute Gasteiger partial charge is 0.481 e. The van der Waals surface area contributed by atoms with Crippen LogP contribution in [-0.4, -0.2) is 33.9 Å². The molecule has 0 aromatic carbocycles. The van der Waals surface area contributed by atoms with Gasteiger partial charge >= 0.3 is 5.97 Å². The molecule has 0 saturated heterocycles. The number of Topliss-reactive ketones (excluding diaryl/α,β-unsaturated/α-hetero) is 2. The zero-order valence-corrected chi connectivity index (χ0v) is 7.19. The molecule has 0 saturated carbocycles. The van der Waals surface area contributed by atoms with Gasteiger partial charge in [0, 0.05) is 1.37 Å². The van der Waals surface area contributed by atoms with Crippen LogP contribution in [-0.2, 0) is 14.4 Å². The predicted octanol–water partition coefficient (Wildman–Crippen LogP) is -0.384. The summed E-state index contributed by atoms with van der Waals surface area (Å²) in [5.41, 5.74) is 0. The number of ketones is 2. The Morgan fingerprint density at radius 3 is 2.31 bits per heavy atom. The Kier molecular flexibility index (Phi) is 3.57. The second kappa shape index (κ2) is 4.71. The third-order valence-corrected chi connectivity index (χ3v) is 1.47. The van der Waals surface area contributed by atoms with Gasteiger partial charge in [-0.1, -0.05) is 0 Å². The number of carboxylic acid groups (broad SMARTS) is 1. The lowest BCUT2D eigenvalue weighted by Crippen LogP contribution is -2.34. The third kappa shape index (κ3) is 3.80. The number of carbonyl (C=O) groups excluding carboxylic acids is 2. The summed E-state index contributed by atoms with van der Waals surface area (Å²) in [6.45, 7) is 0.611. The van der Waals surface area contributed by atoms with Crippen LogP contribution in [0, 0.1) is 5.92 Å². The molecule has 0 aliphatic carbocycles. The van der Waals surface area contributed by atoms with E-state index in [1.165, 1.54) is 6.92 Å². The Morgan fingerprint density at radius 1 is 1.46 bits per heavy atom. The zero-order valence-electron chi connectivity index (χ0n) is 8.19. The number of aliphatic carboxylic acids is 1. The Balaban J connectivity index is 4.46. The molecule has 2 N–H and O–H groups in total. The van der Waals surface area contributed by atoms with Crippen molar-refractivity contribution in [1.29, 1.82) is 0 Å². The summed E-state index contributed by atoms with van der Waals surface area (Å²) >= 11 is 0. The summed E-state index contributed by atoms with van der Waals surface area (Å²) in [5.74, 6) is -4.54. The van der Waals surface area contributed by atoms with Crippen LogP contribution < -0.4 is 0 Å². The second-order valence-corrected chi connectivity index (χ2v) is 2.74. The third-order valence-electron chi connectivity index (χ3n) is 1.47. The molecule has 0 fully saturated rings. The maximum absolute atomic E-state index is 11.2. The molecule has 13 heavy (non-hydrogen) atoms. The predicted molar refractivity (Wildman–Crippen MR) is 43.1 cm³/mol. The van der Waals surface area contributed by atoms with Crippen LogP contribution in [0.2, 0.25) is 0 Å². The van der Waals surface area contributed by atoms with Crippen molar-refractivity contribution in [3.05, 3.63) is 0 Å². The molecule has 0 bridgehead atoms. The summed E-state index contributed by atoms with van der Waals surface area (Å²) < 4.78 is 6.65. The molecule has 74 valence electrons. The number of aliphatic hydroxyl groups excluding tert-OH is 1. The minimum atomic E-state index is -1.58. The Hall–Kier alpha value is -1.23. The summed E-state index contributed by atoms with van der Waals surface area (Å²) in [6.07, 6.45) is -1.94. The molecule has 5 heteroatoms. The summed E-state index contributed by atoms with van der Waals surface area (Å²) in [6, 6.07) is 0. The SMILES string of the molecule is [2H]CC(=O)CC(=O)C(C(=O)O)C(C)O. The maximum Gasteiger partial charge on any atom is 0.316 e. The van der Waals surface area contributed by atoms with Gasteiger partial charge < -0.3 is 10.2 Å². The fourth-order valence-electron chi connectivity index (χ4n) is 0.917. The van der Waals surface area contributed by atoms with Gasteiger partial charge in [0.2, 0.25) is 0 Å². The van der Waals surface area contributed by atoms with Crippen molar-refractivity contribution in [1.82, 2.24) is 0 Å². The average molecular weight is 189 g/mol. The van der Waals surface area contributed by atoms with Crippen molar-refractivity contribution < 1.29 is 26.0 Å². The first-order valence-corrected chi connectivity index (χ1v) is 3.64. The minimum absolute atomic E-state index is 0.558. The quantitative estimate of drug-likeness (QED) is 0.575. The monoisotopic (exact) mass is 189 g/mol. The first-order chi connectivity index (χ1) is 6.40. The van der Waals surface area contributed by atoms with E-state index >= 15 is 0 Å². The molecule has 0 aliphatic rings. The standard InChI is InChI=1S/C8H12O5/c1-4(9)3-6(11)7(5(2)10)8(12)13/h5,7,10H,3H2,1-2H3,(H,12,13)/i1D. The van der Waals surface area contributed by atoms with Crippen LogP contribution in [0.25, 0.3) is 0 Å². The topological polar surface area (TPSA) is 91.7 Å². The number of rotatable bonds is 5. The fraction of sp³-hybridized carbons (Fsp3) is 0.625. The molecule has 0 radical (unpaired) electrons. The zero-order chi connectivity index (χ0) is 11.3. The lowest BCUT2D eigenvalue weighted by molar-refractivity contribution is -0.150. The highest BCUT2D eigenvalue weighted by Crippen LogP contribution is 2.08. The minimum Gasteiger partial charge on any atom is -0.481 e. The molecule has 2 unspecified atom stereocenters. The van der Waals surface area contributed by atoms with E-state index in [-0.39, 0.29) is 0 Å². The Bertz CT molecular complexity index is 248.